The summed E-state index contributed by atoms with van der Waals surface area (Å²) in [4.78, 5) is 25.2. The maximum absolute atomic E-state index is 13.9. The molecule has 0 aromatic heterocycles. The topological polar surface area (TPSA) is 61.4 Å². The van der Waals surface area contributed by atoms with Gasteiger partial charge in [-0.3, -0.25) is 4.79 Å². The molecule has 2 aliphatic rings. The SMILES string of the molecule is O=C1CN(C(=O)NC2(c3cc(F)ccc3F)CC2)CCCN1. The molecule has 0 radical (unpaired) electrons. The van der Waals surface area contributed by atoms with Crippen molar-refractivity contribution in [2.45, 2.75) is 24.8 Å². The van der Waals surface area contributed by atoms with E-state index < -0.39 is 23.2 Å². The lowest BCUT2D eigenvalue weighted by Gasteiger charge is -2.25. The highest BCUT2D eigenvalue weighted by Gasteiger charge is 2.48. The van der Waals surface area contributed by atoms with Crippen LogP contribution in [0.2, 0.25) is 0 Å². The van der Waals surface area contributed by atoms with Crippen LogP contribution >= 0.6 is 0 Å². The van der Waals surface area contributed by atoms with Crippen LogP contribution in [0.5, 0.6) is 0 Å². The van der Waals surface area contributed by atoms with Gasteiger partial charge in [-0.05, 0) is 37.5 Å². The molecule has 3 amide bonds. The van der Waals surface area contributed by atoms with E-state index in [9.17, 15) is 18.4 Å². The van der Waals surface area contributed by atoms with Gasteiger partial charge in [-0.15, -0.1) is 0 Å². The Balaban J connectivity index is 1.75. The first kappa shape index (κ1) is 14.7. The number of rotatable bonds is 2. The number of urea groups is 1. The number of amides is 3. The standard InChI is InChI=1S/C15H17F2N3O2/c16-10-2-3-12(17)11(8-10)15(4-5-15)19-14(22)20-7-1-6-18-13(21)9-20/h2-3,8H,1,4-7,9H2,(H,18,21)(H,19,22). The summed E-state index contributed by atoms with van der Waals surface area (Å²) in [5, 5.41) is 5.46. The average molecular weight is 309 g/mol. The second-order valence-corrected chi connectivity index (χ2v) is 5.76. The van der Waals surface area contributed by atoms with Gasteiger partial charge in [-0.2, -0.15) is 0 Å². The third-order valence-electron chi connectivity index (χ3n) is 4.09. The highest BCUT2D eigenvalue weighted by molar-refractivity contribution is 5.85. The van der Waals surface area contributed by atoms with Crippen molar-refractivity contribution in [2.24, 2.45) is 0 Å². The molecule has 0 unspecified atom stereocenters. The second-order valence-electron chi connectivity index (χ2n) is 5.76. The Labute approximate surface area is 126 Å². The quantitative estimate of drug-likeness (QED) is 0.869. The fourth-order valence-corrected chi connectivity index (χ4v) is 2.71. The van der Waals surface area contributed by atoms with E-state index in [2.05, 4.69) is 10.6 Å². The molecule has 0 bridgehead atoms. The predicted molar refractivity (Wildman–Crippen MR) is 75.0 cm³/mol. The van der Waals surface area contributed by atoms with Crippen LogP contribution in [0.3, 0.4) is 0 Å². The van der Waals surface area contributed by atoms with E-state index in [0.29, 0.717) is 32.4 Å². The lowest BCUT2D eigenvalue weighted by molar-refractivity contribution is -0.121. The van der Waals surface area contributed by atoms with Gasteiger partial charge < -0.3 is 15.5 Å². The Morgan fingerprint density at radius 2 is 2.09 bits per heavy atom. The van der Waals surface area contributed by atoms with Crippen LogP contribution in [0.1, 0.15) is 24.8 Å². The third kappa shape index (κ3) is 2.88. The summed E-state index contributed by atoms with van der Waals surface area (Å²) in [7, 11) is 0. The van der Waals surface area contributed by atoms with E-state index in [1.807, 2.05) is 0 Å². The van der Waals surface area contributed by atoms with E-state index in [1.54, 1.807) is 0 Å². The summed E-state index contributed by atoms with van der Waals surface area (Å²) in [6.45, 7) is 0.964. The zero-order chi connectivity index (χ0) is 15.7. The van der Waals surface area contributed by atoms with Gasteiger partial charge in [0.25, 0.3) is 0 Å². The van der Waals surface area contributed by atoms with Gasteiger partial charge in [0, 0.05) is 18.7 Å². The molecule has 0 spiro atoms. The van der Waals surface area contributed by atoms with Crippen molar-refractivity contribution in [1.29, 1.82) is 0 Å². The molecule has 1 saturated carbocycles. The molecular weight excluding hydrogens is 292 g/mol. The number of nitrogens with zero attached hydrogens (tertiary/aromatic N) is 1. The van der Waals surface area contributed by atoms with Gasteiger partial charge in [-0.1, -0.05) is 0 Å². The van der Waals surface area contributed by atoms with Crippen LogP contribution in [0, 0.1) is 11.6 Å². The van der Waals surface area contributed by atoms with E-state index in [4.69, 9.17) is 0 Å². The number of benzene rings is 1. The number of nitrogens with one attached hydrogen (secondary N) is 2. The summed E-state index contributed by atoms with van der Waals surface area (Å²) < 4.78 is 27.3. The first-order chi connectivity index (χ1) is 10.5. The van der Waals surface area contributed by atoms with Gasteiger partial charge >= 0.3 is 6.03 Å². The van der Waals surface area contributed by atoms with Gasteiger partial charge in [0.2, 0.25) is 5.91 Å². The van der Waals surface area contributed by atoms with Crippen molar-refractivity contribution in [3.05, 3.63) is 35.4 Å². The molecule has 1 heterocycles. The van der Waals surface area contributed by atoms with E-state index >= 15 is 0 Å². The number of hydrogen-bond acceptors (Lipinski definition) is 2. The molecule has 118 valence electrons. The minimum absolute atomic E-state index is 0.0203. The summed E-state index contributed by atoms with van der Waals surface area (Å²) in [6.07, 6.45) is 1.78. The molecular formula is C15H17F2N3O2. The fourth-order valence-electron chi connectivity index (χ4n) is 2.71. The van der Waals surface area contributed by atoms with Crippen LogP contribution < -0.4 is 10.6 Å². The smallest absolute Gasteiger partial charge is 0.318 e. The van der Waals surface area contributed by atoms with Crippen LogP contribution in [0.15, 0.2) is 18.2 Å². The largest absolute Gasteiger partial charge is 0.354 e. The average Bonchev–Trinajstić information content (AvgIpc) is 3.27. The highest BCUT2D eigenvalue weighted by Crippen LogP contribution is 2.46. The third-order valence-corrected chi connectivity index (χ3v) is 4.09. The normalized spacial score (nSPS) is 20.1. The predicted octanol–water partition coefficient (Wildman–Crippen LogP) is 1.49. The highest BCUT2D eigenvalue weighted by atomic mass is 19.1. The molecule has 1 aromatic rings. The van der Waals surface area contributed by atoms with Gasteiger partial charge in [0.1, 0.15) is 18.2 Å². The summed E-state index contributed by atoms with van der Waals surface area (Å²) in [6, 6.07) is 2.82. The maximum Gasteiger partial charge on any atom is 0.318 e. The Kier molecular flexibility index (Phi) is 3.72. The molecule has 1 aliphatic heterocycles. The molecule has 3 rings (SSSR count). The number of carbonyl (C=O) groups is 2. The van der Waals surface area contributed by atoms with Gasteiger partial charge in [0.15, 0.2) is 0 Å². The van der Waals surface area contributed by atoms with Crippen molar-refractivity contribution in [3.63, 3.8) is 0 Å². The monoisotopic (exact) mass is 309 g/mol. The molecule has 5 nitrogen and oxygen atoms in total. The lowest BCUT2D eigenvalue weighted by atomic mass is 10.0. The Bertz CT molecular complexity index is 617. The van der Waals surface area contributed by atoms with Crippen LogP contribution in [-0.4, -0.2) is 36.5 Å². The molecule has 2 fully saturated rings. The molecule has 1 aliphatic carbocycles. The van der Waals surface area contributed by atoms with Crippen LogP contribution in [0.4, 0.5) is 13.6 Å². The summed E-state index contributed by atoms with van der Waals surface area (Å²) in [5.74, 6) is -1.28. The number of halogens is 2. The molecule has 2 N–H and O–H groups in total. The lowest BCUT2D eigenvalue weighted by Crippen LogP contribution is -2.47. The molecule has 1 aromatic carbocycles. The molecule has 1 saturated heterocycles. The first-order valence-corrected chi connectivity index (χ1v) is 7.29. The molecule has 22 heavy (non-hydrogen) atoms. The molecule has 0 atom stereocenters. The number of carbonyl (C=O) groups excluding carboxylic acids is 2. The molecule has 7 heteroatoms. The number of hydrogen-bond donors (Lipinski definition) is 2. The zero-order valence-corrected chi connectivity index (χ0v) is 12.0. The van der Waals surface area contributed by atoms with Crippen molar-refractivity contribution in [1.82, 2.24) is 15.5 Å². The summed E-state index contributed by atoms with van der Waals surface area (Å²) in [5.41, 5.74) is -0.688. The van der Waals surface area contributed by atoms with E-state index in [1.165, 1.54) is 4.90 Å². The first-order valence-electron chi connectivity index (χ1n) is 7.29. The maximum atomic E-state index is 13.9. The Morgan fingerprint density at radius 1 is 1.32 bits per heavy atom. The zero-order valence-electron chi connectivity index (χ0n) is 12.0. The summed E-state index contributed by atoms with van der Waals surface area (Å²) >= 11 is 0. The van der Waals surface area contributed by atoms with E-state index in [-0.39, 0.29) is 18.0 Å². The van der Waals surface area contributed by atoms with Crippen molar-refractivity contribution in [3.8, 4) is 0 Å². The van der Waals surface area contributed by atoms with Crippen molar-refractivity contribution >= 4 is 11.9 Å². The van der Waals surface area contributed by atoms with Crippen molar-refractivity contribution < 1.29 is 18.4 Å². The Hall–Kier alpha value is -2.18. The van der Waals surface area contributed by atoms with E-state index in [0.717, 1.165) is 18.2 Å². The van der Waals surface area contributed by atoms with Crippen molar-refractivity contribution in [2.75, 3.05) is 19.6 Å². The Morgan fingerprint density at radius 3 is 2.82 bits per heavy atom. The van der Waals surface area contributed by atoms with Gasteiger partial charge in [-0.25, -0.2) is 13.6 Å². The van der Waals surface area contributed by atoms with Crippen LogP contribution in [-0.2, 0) is 10.3 Å². The van der Waals surface area contributed by atoms with Gasteiger partial charge in [0.05, 0.1) is 5.54 Å². The minimum Gasteiger partial charge on any atom is -0.354 e. The minimum atomic E-state index is -0.855. The van der Waals surface area contributed by atoms with Crippen LogP contribution in [0.25, 0.3) is 0 Å². The fraction of sp³-hybridized carbons (Fsp3) is 0.467. The second kappa shape index (κ2) is 5.55.